The van der Waals surface area contributed by atoms with E-state index >= 15 is 0 Å². The Hall–Kier alpha value is -1.74. The van der Waals surface area contributed by atoms with Gasteiger partial charge in [0.15, 0.2) is 0 Å². The van der Waals surface area contributed by atoms with Crippen LogP contribution < -0.4 is 0 Å². The number of rotatable bonds is 11. The minimum absolute atomic E-state index is 0.273. The average Bonchev–Trinajstić information content (AvgIpc) is 2.61. The maximum Gasteiger partial charge on any atom is 0.316 e. The van der Waals surface area contributed by atoms with E-state index in [-0.39, 0.29) is 5.25 Å². The van der Waals surface area contributed by atoms with Crippen LogP contribution in [0.4, 0.5) is 0 Å². The molecule has 2 aromatic carbocycles. The van der Waals surface area contributed by atoms with E-state index in [9.17, 15) is 9.90 Å². The summed E-state index contributed by atoms with van der Waals surface area (Å²) in [4.78, 5) is 11.4. The van der Waals surface area contributed by atoms with Gasteiger partial charge in [-0.3, -0.25) is 4.79 Å². The van der Waals surface area contributed by atoms with Gasteiger partial charge in [0, 0.05) is 0 Å². The maximum absolute atomic E-state index is 11.4. The molecule has 0 heterocycles. The first-order valence-electron chi connectivity index (χ1n) is 8.68. The predicted octanol–water partition coefficient (Wildman–Crippen LogP) is 5.22. The molecule has 2 nitrogen and oxygen atoms in total. The molecule has 3 heteroatoms. The van der Waals surface area contributed by atoms with Gasteiger partial charge in [-0.15, -0.1) is 11.8 Å². The van der Waals surface area contributed by atoms with Crippen LogP contribution in [0.3, 0.4) is 0 Å². The monoisotopic (exact) mass is 342 g/mol. The molecule has 0 saturated carbocycles. The van der Waals surface area contributed by atoms with Crippen LogP contribution in [0.2, 0.25) is 0 Å². The van der Waals surface area contributed by atoms with Crippen molar-refractivity contribution in [3.8, 4) is 0 Å². The lowest BCUT2D eigenvalue weighted by Gasteiger charge is -2.12. The van der Waals surface area contributed by atoms with Gasteiger partial charge in [-0.25, -0.2) is 0 Å². The van der Waals surface area contributed by atoms with Crippen LogP contribution in [0.15, 0.2) is 60.7 Å². The predicted molar refractivity (Wildman–Crippen MR) is 103 cm³/mol. The van der Waals surface area contributed by atoms with Crippen molar-refractivity contribution in [3.05, 3.63) is 71.8 Å². The SMILES string of the molecule is O=C(O)C(CCCCCc1ccccc1)SCCc1ccccc1. The molecule has 0 aromatic heterocycles. The molecule has 0 fully saturated rings. The van der Waals surface area contributed by atoms with Crippen molar-refractivity contribution in [2.75, 3.05) is 5.75 Å². The van der Waals surface area contributed by atoms with Gasteiger partial charge in [0.25, 0.3) is 0 Å². The number of thioether (sulfide) groups is 1. The molecule has 24 heavy (non-hydrogen) atoms. The van der Waals surface area contributed by atoms with Crippen molar-refractivity contribution >= 4 is 17.7 Å². The molecule has 0 aliphatic heterocycles. The van der Waals surface area contributed by atoms with Crippen LogP contribution in [-0.2, 0) is 17.6 Å². The summed E-state index contributed by atoms with van der Waals surface area (Å²) in [7, 11) is 0. The average molecular weight is 343 g/mol. The van der Waals surface area contributed by atoms with E-state index in [1.807, 2.05) is 24.3 Å². The van der Waals surface area contributed by atoms with Crippen molar-refractivity contribution in [2.45, 2.75) is 43.8 Å². The number of benzene rings is 2. The summed E-state index contributed by atoms with van der Waals surface area (Å²) in [6.45, 7) is 0. The van der Waals surface area contributed by atoms with Crippen LogP contribution in [0.1, 0.15) is 36.8 Å². The topological polar surface area (TPSA) is 37.3 Å². The minimum atomic E-state index is -0.670. The number of aryl methyl sites for hydroxylation is 2. The molecular weight excluding hydrogens is 316 g/mol. The van der Waals surface area contributed by atoms with Gasteiger partial charge >= 0.3 is 5.97 Å². The lowest BCUT2D eigenvalue weighted by Crippen LogP contribution is -2.17. The largest absolute Gasteiger partial charge is 0.480 e. The summed E-state index contributed by atoms with van der Waals surface area (Å²) < 4.78 is 0. The van der Waals surface area contributed by atoms with Gasteiger partial charge in [-0.1, -0.05) is 73.5 Å². The number of hydrogen-bond donors (Lipinski definition) is 1. The van der Waals surface area contributed by atoms with Gasteiger partial charge in [0.05, 0.1) is 0 Å². The molecule has 1 atom stereocenters. The number of aliphatic carboxylic acids is 1. The molecule has 0 aliphatic rings. The van der Waals surface area contributed by atoms with E-state index in [4.69, 9.17) is 0 Å². The highest BCUT2D eigenvalue weighted by Crippen LogP contribution is 2.20. The molecule has 0 aliphatic carbocycles. The fourth-order valence-electron chi connectivity index (χ4n) is 2.72. The molecule has 0 bridgehead atoms. The van der Waals surface area contributed by atoms with Gasteiger partial charge in [-0.2, -0.15) is 0 Å². The molecule has 128 valence electrons. The third kappa shape index (κ3) is 7.22. The molecule has 0 saturated heterocycles. The van der Waals surface area contributed by atoms with Crippen LogP contribution in [-0.4, -0.2) is 22.1 Å². The Morgan fingerprint density at radius 3 is 2.00 bits per heavy atom. The third-order valence-electron chi connectivity index (χ3n) is 4.10. The van der Waals surface area contributed by atoms with Crippen LogP contribution in [0, 0.1) is 0 Å². The van der Waals surface area contributed by atoms with Gasteiger partial charge < -0.3 is 5.11 Å². The fourth-order valence-corrected chi connectivity index (χ4v) is 3.84. The maximum atomic E-state index is 11.4. The van der Waals surface area contributed by atoms with E-state index in [1.54, 1.807) is 11.8 Å². The molecule has 1 N–H and O–H groups in total. The Balaban J connectivity index is 1.61. The molecule has 0 spiro atoms. The number of carboxylic acids is 1. The molecule has 0 radical (unpaired) electrons. The highest BCUT2D eigenvalue weighted by atomic mass is 32.2. The van der Waals surface area contributed by atoms with E-state index < -0.39 is 5.97 Å². The molecule has 1 unspecified atom stereocenters. The Bertz CT molecular complexity index is 583. The summed E-state index contributed by atoms with van der Waals surface area (Å²) in [6, 6.07) is 20.7. The first kappa shape index (κ1) is 18.6. The van der Waals surface area contributed by atoms with E-state index in [0.717, 1.165) is 44.3 Å². The Kier molecular flexibility index (Phi) is 8.47. The lowest BCUT2D eigenvalue weighted by molar-refractivity contribution is -0.136. The van der Waals surface area contributed by atoms with Crippen molar-refractivity contribution in [2.24, 2.45) is 0 Å². The second kappa shape index (κ2) is 10.9. The van der Waals surface area contributed by atoms with Crippen molar-refractivity contribution in [3.63, 3.8) is 0 Å². The zero-order valence-corrected chi connectivity index (χ0v) is 14.9. The lowest BCUT2D eigenvalue weighted by atomic mass is 10.1. The minimum Gasteiger partial charge on any atom is -0.480 e. The summed E-state index contributed by atoms with van der Waals surface area (Å²) in [6.07, 6.45) is 6.00. The molecule has 2 rings (SSSR count). The second-order valence-electron chi connectivity index (χ2n) is 6.02. The van der Waals surface area contributed by atoms with Crippen molar-refractivity contribution in [1.29, 1.82) is 0 Å². The summed E-state index contributed by atoms with van der Waals surface area (Å²) in [5.74, 6) is 0.196. The fraction of sp³-hybridized carbons (Fsp3) is 0.381. The Morgan fingerprint density at radius 1 is 0.833 bits per heavy atom. The standard InChI is InChI=1S/C21H26O2S/c22-21(23)20(24-17-16-19-13-6-2-7-14-19)15-9-3-8-12-18-10-4-1-5-11-18/h1-2,4-7,10-11,13-14,20H,3,8-9,12,15-17H2,(H,22,23). The van der Waals surface area contributed by atoms with E-state index in [0.29, 0.717) is 0 Å². The first-order chi connectivity index (χ1) is 11.8. The Labute approximate surface area is 149 Å². The molecule has 2 aromatic rings. The van der Waals surface area contributed by atoms with Crippen LogP contribution >= 0.6 is 11.8 Å². The summed E-state index contributed by atoms with van der Waals surface area (Å²) in [5.41, 5.74) is 2.64. The third-order valence-corrected chi connectivity index (χ3v) is 5.38. The smallest absolute Gasteiger partial charge is 0.316 e. The number of carboxylic acid groups (broad SMARTS) is 1. The highest BCUT2D eigenvalue weighted by molar-refractivity contribution is 8.00. The van der Waals surface area contributed by atoms with Crippen molar-refractivity contribution in [1.82, 2.24) is 0 Å². The van der Waals surface area contributed by atoms with E-state index in [1.165, 1.54) is 11.1 Å². The quantitative estimate of drug-likeness (QED) is 0.569. The zero-order chi connectivity index (χ0) is 17.0. The normalized spacial score (nSPS) is 12.0. The molecule has 0 amide bonds. The number of carbonyl (C=O) groups is 1. The van der Waals surface area contributed by atoms with Crippen molar-refractivity contribution < 1.29 is 9.90 Å². The Morgan fingerprint density at radius 2 is 1.42 bits per heavy atom. The van der Waals surface area contributed by atoms with Gasteiger partial charge in [0.2, 0.25) is 0 Å². The molecular formula is C21H26O2S. The van der Waals surface area contributed by atoms with Crippen LogP contribution in [0.5, 0.6) is 0 Å². The second-order valence-corrected chi connectivity index (χ2v) is 7.33. The zero-order valence-electron chi connectivity index (χ0n) is 14.1. The van der Waals surface area contributed by atoms with Crippen LogP contribution in [0.25, 0.3) is 0 Å². The van der Waals surface area contributed by atoms with E-state index in [2.05, 4.69) is 36.4 Å². The van der Waals surface area contributed by atoms with Gasteiger partial charge in [0.1, 0.15) is 5.25 Å². The van der Waals surface area contributed by atoms with Gasteiger partial charge in [-0.05, 0) is 42.6 Å². The number of hydrogen-bond acceptors (Lipinski definition) is 2. The summed E-state index contributed by atoms with van der Waals surface area (Å²) >= 11 is 1.58. The highest BCUT2D eigenvalue weighted by Gasteiger charge is 2.17. The summed E-state index contributed by atoms with van der Waals surface area (Å²) in [5, 5.41) is 9.11. The number of unbranched alkanes of at least 4 members (excludes halogenated alkanes) is 2. The first-order valence-corrected chi connectivity index (χ1v) is 9.73.